The van der Waals surface area contributed by atoms with Crippen molar-refractivity contribution in [1.82, 2.24) is 15.3 Å². The second-order valence-electron chi connectivity index (χ2n) is 8.12. The van der Waals surface area contributed by atoms with Gasteiger partial charge in [0.25, 0.3) is 11.5 Å². The molecule has 31 heavy (non-hydrogen) atoms. The molecule has 3 heterocycles. The summed E-state index contributed by atoms with van der Waals surface area (Å²) < 4.78 is 5.67. The summed E-state index contributed by atoms with van der Waals surface area (Å²) in [7, 11) is 0. The van der Waals surface area contributed by atoms with Crippen LogP contribution in [-0.4, -0.2) is 34.6 Å². The van der Waals surface area contributed by atoms with Crippen LogP contribution in [0.4, 0.5) is 0 Å². The van der Waals surface area contributed by atoms with Gasteiger partial charge < -0.3 is 15.0 Å². The van der Waals surface area contributed by atoms with Crippen molar-refractivity contribution in [2.45, 2.75) is 63.3 Å². The molecule has 164 valence electrons. The van der Waals surface area contributed by atoms with E-state index in [1.54, 1.807) is 11.8 Å². The number of ether oxygens (including phenoxy) is 1. The van der Waals surface area contributed by atoms with E-state index in [1.807, 2.05) is 13.8 Å². The van der Waals surface area contributed by atoms with Gasteiger partial charge in [-0.15, -0.1) is 23.1 Å². The molecular weight excluding hydrogens is 430 g/mol. The lowest BCUT2D eigenvalue weighted by Gasteiger charge is -2.19. The minimum absolute atomic E-state index is 0.0499. The van der Waals surface area contributed by atoms with Crippen molar-refractivity contribution in [1.29, 1.82) is 0 Å². The Morgan fingerprint density at radius 2 is 2.19 bits per heavy atom. The zero-order valence-electron chi connectivity index (χ0n) is 18.2. The van der Waals surface area contributed by atoms with E-state index in [9.17, 15) is 9.59 Å². The number of amides is 1. The van der Waals surface area contributed by atoms with Crippen LogP contribution in [0.5, 0.6) is 0 Å². The standard InChI is InChI=1S/C23H27N3O3S2/c1-12-7-8-13(2)17(10-12)30-11-18-25-21(27)19-14(3)20(31-23(19)26-18)22(28)24-15(4)16-6-5-9-29-16/h7-8,10,15-16H,5-6,9,11H2,1-4H3,(H,24,28)(H,25,26,27). The number of H-pyrrole nitrogens is 1. The van der Waals surface area contributed by atoms with Gasteiger partial charge in [0.15, 0.2) is 0 Å². The van der Waals surface area contributed by atoms with Gasteiger partial charge in [0.05, 0.1) is 28.2 Å². The predicted octanol–water partition coefficient (Wildman–Crippen LogP) is 4.50. The fourth-order valence-electron chi connectivity index (χ4n) is 3.84. The third kappa shape index (κ3) is 4.71. The number of carbonyl (C=O) groups excluding carboxylic acids is 1. The fraction of sp³-hybridized carbons (Fsp3) is 0.435. The average molecular weight is 458 g/mol. The maximum absolute atomic E-state index is 12.9. The minimum atomic E-state index is -0.193. The summed E-state index contributed by atoms with van der Waals surface area (Å²) in [5.74, 6) is 1.00. The summed E-state index contributed by atoms with van der Waals surface area (Å²) in [5.41, 5.74) is 2.89. The quantitative estimate of drug-likeness (QED) is 0.533. The molecule has 2 N–H and O–H groups in total. The first-order valence-corrected chi connectivity index (χ1v) is 12.3. The van der Waals surface area contributed by atoms with E-state index in [-0.39, 0.29) is 23.6 Å². The van der Waals surface area contributed by atoms with Gasteiger partial charge in [0.2, 0.25) is 0 Å². The Labute approximate surface area is 189 Å². The molecule has 1 aliphatic rings. The van der Waals surface area contributed by atoms with Crippen LogP contribution >= 0.6 is 23.1 Å². The van der Waals surface area contributed by atoms with Crippen molar-refractivity contribution >= 4 is 39.2 Å². The molecule has 3 aromatic rings. The Morgan fingerprint density at radius 1 is 1.39 bits per heavy atom. The summed E-state index contributed by atoms with van der Waals surface area (Å²) >= 11 is 2.93. The van der Waals surface area contributed by atoms with Crippen LogP contribution in [0.2, 0.25) is 0 Å². The molecule has 1 amide bonds. The Balaban J connectivity index is 1.55. The molecule has 1 aliphatic heterocycles. The average Bonchev–Trinajstić information content (AvgIpc) is 3.37. The number of carbonyl (C=O) groups is 1. The number of hydrogen-bond donors (Lipinski definition) is 2. The van der Waals surface area contributed by atoms with Gasteiger partial charge in [-0.1, -0.05) is 17.7 Å². The number of thiophene rings is 1. The minimum Gasteiger partial charge on any atom is -0.376 e. The van der Waals surface area contributed by atoms with Crippen molar-refractivity contribution in [2.24, 2.45) is 0 Å². The Bertz CT molecular complexity index is 1180. The van der Waals surface area contributed by atoms with Gasteiger partial charge in [0, 0.05) is 11.5 Å². The van der Waals surface area contributed by atoms with E-state index < -0.39 is 0 Å². The molecule has 6 nitrogen and oxygen atoms in total. The van der Waals surface area contributed by atoms with Gasteiger partial charge in [-0.25, -0.2) is 4.98 Å². The van der Waals surface area contributed by atoms with Crippen molar-refractivity contribution in [3.05, 3.63) is 55.9 Å². The summed E-state index contributed by atoms with van der Waals surface area (Å²) in [6.07, 6.45) is 2.03. The lowest BCUT2D eigenvalue weighted by Crippen LogP contribution is -2.40. The number of nitrogens with one attached hydrogen (secondary N) is 2. The number of fused-ring (bicyclic) bond motifs is 1. The van der Waals surface area contributed by atoms with Crippen molar-refractivity contribution < 1.29 is 9.53 Å². The van der Waals surface area contributed by atoms with Crippen LogP contribution in [0.15, 0.2) is 27.9 Å². The predicted molar refractivity (Wildman–Crippen MR) is 126 cm³/mol. The molecular formula is C23H27N3O3S2. The second kappa shape index (κ2) is 9.14. The van der Waals surface area contributed by atoms with Crippen molar-refractivity contribution in [3.63, 3.8) is 0 Å². The SMILES string of the molecule is Cc1ccc(C)c(SCc2nc3sc(C(=O)NC(C)C4CCCO4)c(C)c3c(=O)[nH]2)c1. The Hall–Kier alpha value is -2.16. The second-order valence-corrected chi connectivity index (χ2v) is 10.1. The molecule has 1 aromatic carbocycles. The molecule has 8 heteroatoms. The smallest absolute Gasteiger partial charge is 0.262 e. The molecule has 2 aromatic heterocycles. The highest BCUT2D eigenvalue weighted by atomic mass is 32.2. The summed E-state index contributed by atoms with van der Waals surface area (Å²) in [5, 5.41) is 3.53. The third-order valence-electron chi connectivity index (χ3n) is 5.65. The number of thioether (sulfide) groups is 1. The first kappa shape index (κ1) is 22.0. The van der Waals surface area contributed by atoms with Gasteiger partial charge in [-0.3, -0.25) is 9.59 Å². The van der Waals surface area contributed by atoms with E-state index >= 15 is 0 Å². The molecule has 0 spiro atoms. The number of hydrogen-bond acceptors (Lipinski definition) is 6. The van der Waals surface area contributed by atoms with Crippen LogP contribution in [-0.2, 0) is 10.5 Å². The third-order valence-corrected chi connectivity index (χ3v) is 8.00. The van der Waals surface area contributed by atoms with Crippen molar-refractivity contribution in [3.8, 4) is 0 Å². The monoisotopic (exact) mass is 457 g/mol. The Morgan fingerprint density at radius 3 is 2.94 bits per heavy atom. The van der Waals surface area contributed by atoms with Crippen molar-refractivity contribution in [2.75, 3.05) is 6.61 Å². The molecule has 2 unspecified atom stereocenters. The number of aromatic nitrogens is 2. The fourth-order valence-corrected chi connectivity index (χ4v) is 5.94. The summed E-state index contributed by atoms with van der Waals surface area (Å²) in [6.45, 7) is 8.66. The topological polar surface area (TPSA) is 84.1 Å². The summed E-state index contributed by atoms with van der Waals surface area (Å²) in [4.78, 5) is 35.5. The Kier molecular flexibility index (Phi) is 6.50. The number of rotatable bonds is 6. The van der Waals surface area contributed by atoms with Crippen LogP contribution in [0, 0.1) is 20.8 Å². The molecule has 2 atom stereocenters. The van der Waals surface area contributed by atoms with E-state index in [0.29, 0.717) is 32.2 Å². The lowest BCUT2D eigenvalue weighted by molar-refractivity contribution is 0.0714. The highest BCUT2D eigenvalue weighted by Gasteiger charge is 2.26. The maximum atomic E-state index is 12.9. The van der Waals surface area contributed by atoms with Crippen LogP contribution < -0.4 is 10.9 Å². The normalized spacial score (nSPS) is 17.2. The van der Waals surface area contributed by atoms with Gasteiger partial charge in [-0.2, -0.15) is 0 Å². The van der Waals surface area contributed by atoms with Gasteiger partial charge >= 0.3 is 0 Å². The lowest BCUT2D eigenvalue weighted by atomic mass is 10.1. The number of aryl methyl sites for hydroxylation is 3. The van der Waals surface area contributed by atoms with Gasteiger partial charge in [0.1, 0.15) is 10.7 Å². The number of benzene rings is 1. The summed E-state index contributed by atoms with van der Waals surface area (Å²) in [6, 6.07) is 6.26. The first-order valence-electron chi connectivity index (χ1n) is 10.5. The molecule has 1 fully saturated rings. The molecule has 0 saturated carbocycles. The van der Waals surface area contributed by atoms with Crippen LogP contribution in [0.3, 0.4) is 0 Å². The van der Waals surface area contributed by atoms with Crippen LogP contribution in [0.1, 0.15) is 52.0 Å². The van der Waals surface area contributed by atoms with Crippen LogP contribution in [0.25, 0.3) is 10.2 Å². The van der Waals surface area contributed by atoms with E-state index in [4.69, 9.17) is 4.74 Å². The van der Waals surface area contributed by atoms with E-state index in [2.05, 4.69) is 47.3 Å². The molecule has 0 radical (unpaired) electrons. The molecule has 0 aliphatic carbocycles. The van der Waals surface area contributed by atoms with E-state index in [1.165, 1.54) is 27.4 Å². The zero-order valence-corrected chi connectivity index (χ0v) is 19.8. The molecule has 1 saturated heterocycles. The first-order chi connectivity index (χ1) is 14.8. The molecule has 0 bridgehead atoms. The number of aromatic amines is 1. The highest BCUT2D eigenvalue weighted by Crippen LogP contribution is 2.29. The largest absolute Gasteiger partial charge is 0.376 e. The van der Waals surface area contributed by atoms with E-state index in [0.717, 1.165) is 19.4 Å². The zero-order chi connectivity index (χ0) is 22.1. The maximum Gasteiger partial charge on any atom is 0.262 e. The highest BCUT2D eigenvalue weighted by molar-refractivity contribution is 7.98. The number of nitrogens with zero attached hydrogens (tertiary/aromatic N) is 1. The molecule has 4 rings (SSSR count). The van der Waals surface area contributed by atoms with Gasteiger partial charge in [-0.05, 0) is 57.7 Å².